The van der Waals surface area contributed by atoms with Gasteiger partial charge in [0.25, 0.3) is 0 Å². The van der Waals surface area contributed by atoms with Crippen LogP contribution in [0, 0.1) is 7.91 Å². The van der Waals surface area contributed by atoms with Crippen molar-refractivity contribution in [1.82, 2.24) is 14.4 Å². The standard InChI is InChI=1S/C9H5N3S3/c13-8-11-7-10-5-3-1-2-4-6(5)12(7)9(14)15-8/h1-4H,(H,10,11,13). The molecule has 3 nitrogen and oxygen atoms in total. The molecule has 0 saturated heterocycles. The van der Waals surface area contributed by atoms with Crippen molar-refractivity contribution in [3.05, 3.63) is 32.2 Å². The highest BCUT2D eigenvalue weighted by atomic mass is 32.2. The predicted octanol–water partition coefficient (Wildman–Crippen LogP) is 3.34. The maximum atomic E-state index is 5.28. The number of nitrogens with zero attached hydrogens (tertiary/aromatic N) is 2. The van der Waals surface area contributed by atoms with Gasteiger partial charge >= 0.3 is 0 Å². The summed E-state index contributed by atoms with van der Waals surface area (Å²) in [4.78, 5) is 7.43. The Hall–Kier alpha value is -1.11. The van der Waals surface area contributed by atoms with Crippen molar-refractivity contribution in [1.29, 1.82) is 0 Å². The third kappa shape index (κ3) is 1.33. The van der Waals surface area contributed by atoms with Crippen LogP contribution in [0.3, 0.4) is 0 Å². The van der Waals surface area contributed by atoms with Crippen LogP contribution in [0.1, 0.15) is 0 Å². The van der Waals surface area contributed by atoms with Crippen molar-refractivity contribution < 1.29 is 0 Å². The summed E-state index contributed by atoms with van der Waals surface area (Å²) in [5.74, 6) is 0.713. The van der Waals surface area contributed by atoms with Crippen molar-refractivity contribution in [2.75, 3.05) is 0 Å². The third-order valence-corrected chi connectivity index (χ3v) is 3.55. The zero-order valence-corrected chi connectivity index (χ0v) is 9.88. The number of hydrogen-bond acceptors (Lipinski definition) is 4. The van der Waals surface area contributed by atoms with Gasteiger partial charge in [-0.2, -0.15) is 4.98 Å². The first-order valence-electron chi connectivity index (χ1n) is 4.26. The summed E-state index contributed by atoms with van der Waals surface area (Å²) < 4.78 is 3.19. The van der Waals surface area contributed by atoms with Crippen LogP contribution >= 0.6 is 35.8 Å². The SMILES string of the molecule is S=c1nc2[nH]c3ccccc3n2c(=S)s1. The summed E-state index contributed by atoms with van der Waals surface area (Å²) in [6, 6.07) is 7.95. The maximum absolute atomic E-state index is 5.28. The Kier molecular flexibility index (Phi) is 1.95. The van der Waals surface area contributed by atoms with E-state index in [1.54, 1.807) is 0 Å². The lowest BCUT2D eigenvalue weighted by molar-refractivity contribution is 1.16. The predicted molar refractivity (Wildman–Crippen MR) is 66.6 cm³/mol. The minimum Gasteiger partial charge on any atom is -0.323 e. The molecule has 0 amide bonds. The zero-order valence-electron chi connectivity index (χ0n) is 7.43. The number of imidazole rings is 1. The van der Waals surface area contributed by atoms with Crippen molar-refractivity contribution in [2.45, 2.75) is 0 Å². The molecule has 3 rings (SSSR count). The molecule has 0 saturated carbocycles. The molecule has 1 aromatic carbocycles. The number of nitrogens with one attached hydrogen (secondary N) is 1. The van der Waals surface area contributed by atoms with E-state index >= 15 is 0 Å². The lowest BCUT2D eigenvalue weighted by Crippen LogP contribution is -1.87. The second-order valence-corrected chi connectivity index (χ2v) is 5.31. The van der Waals surface area contributed by atoms with Crippen LogP contribution < -0.4 is 0 Å². The van der Waals surface area contributed by atoms with Crippen molar-refractivity contribution in [2.24, 2.45) is 0 Å². The molecule has 2 heterocycles. The quantitative estimate of drug-likeness (QED) is 0.622. The Labute approximate surface area is 99.0 Å². The van der Waals surface area contributed by atoms with E-state index in [0.29, 0.717) is 9.73 Å². The van der Waals surface area contributed by atoms with Crippen LogP contribution in [0.25, 0.3) is 16.8 Å². The molecule has 0 spiro atoms. The summed E-state index contributed by atoms with van der Waals surface area (Å²) in [7, 11) is 0. The van der Waals surface area contributed by atoms with E-state index in [4.69, 9.17) is 24.4 Å². The van der Waals surface area contributed by atoms with Gasteiger partial charge in [0.2, 0.25) is 5.78 Å². The Morgan fingerprint density at radius 1 is 1.27 bits per heavy atom. The van der Waals surface area contributed by atoms with Crippen LogP contribution in [-0.2, 0) is 0 Å². The second kappa shape index (κ2) is 3.19. The number of aromatic nitrogens is 3. The lowest BCUT2D eigenvalue weighted by Gasteiger charge is -1.92. The van der Waals surface area contributed by atoms with Gasteiger partial charge in [-0.25, -0.2) is 0 Å². The van der Waals surface area contributed by atoms with Gasteiger partial charge in [0, 0.05) is 0 Å². The van der Waals surface area contributed by atoms with Crippen LogP contribution in [-0.4, -0.2) is 14.4 Å². The molecule has 1 N–H and O–H groups in total. The molecule has 0 bridgehead atoms. The number of hydrogen-bond donors (Lipinski definition) is 1. The highest BCUT2D eigenvalue weighted by Crippen LogP contribution is 2.17. The van der Waals surface area contributed by atoms with Gasteiger partial charge in [0.05, 0.1) is 11.0 Å². The third-order valence-electron chi connectivity index (χ3n) is 2.16. The summed E-state index contributed by atoms with van der Waals surface area (Å²) in [6.45, 7) is 0. The normalized spacial score (nSPS) is 11.2. The molecule has 0 aliphatic heterocycles. The first-order valence-corrected chi connectivity index (χ1v) is 5.89. The van der Waals surface area contributed by atoms with Crippen molar-refractivity contribution >= 4 is 52.6 Å². The van der Waals surface area contributed by atoms with Gasteiger partial charge in [-0.1, -0.05) is 23.5 Å². The van der Waals surface area contributed by atoms with Crippen LogP contribution in [0.15, 0.2) is 24.3 Å². The molecule has 0 unspecified atom stereocenters. The highest BCUT2D eigenvalue weighted by Gasteiger charge is 2.04. The first-order chi connectivity index (χ1) is 7.25. The minimum atomic E-state index is 0.562. The van der Waals surface area contributed by atoms with Gasteiger partial charge in [0.15, 0.2) is 7.91 Å². The van der Waals surface area contributed by atoms with E-state index in [1.807, 2.05) is 28.7 Å². The van der Waals surface area contributed by atoms with Crippen molar-refractivity contribution in [3.8, 4) is 0 Å². The molecule has 0 aliphatic carbocycles. The molecule has 15 heavy (non-hydrogen) atoms. The average Bonchev–Trinajstić information content (AvgIpc) is 2.54. The Bertz CT molecular complexity index is 765. The topological polar surface area (TPSA) is 33.1 Å². The van der Waals surface area contributed by atoms with Crippen LogP contribution in [0.4, 0.5) is 0 Å². The molecule has 74 valence electrons. The number of benzene rings is 1. The molecule has 2 aromatic heterocycles. The van der Waals surface area contributed by atoms with Gasteiger partial charge in [-0.3, -0.25) is 4.40 Å². The summed E-state index contributed by atoms with van der Waals surface area (Å²) in [6.07, 6.45) is 0. The van der Waals surface area contributed by atoms with E-state index in [0.717, 1.165) is 15.0 Å². The van der Waals surface area contributed by atoms with Gasteiger partial charge in [0.1, 0.15) is 0 Å². The second-order valence-electron chi connectivity index (χ2n) is 3.05. The number of rotatable bonds is 0. The fourth-order valence-corrected chi connectivity index (χ4v) is 3.02. The fourth-order valence-electron chi connectivity index (χ4n) is 1.56. The smallest absolute Gasteiger partial charge is 0.216 e. The first kappa shape index (κ1) is 9.14. The lowest BCUT2D eigenvalue weighted by atomic mass is 10.3. The fraction of sp³-hybridized carbons (Fsp3) is 0. The number of para-hydroxylation sites is 2. The Morgan fingerprint density at radius 2 is 2.07 bits per heavy atom. The molecule has 3 aromatic rings. The molecular weight excluding hydrogens is 246 g/mol. The molecule has 0 atom stereocenters. The molecule has 0 radical (unpaired) electrons. The number of H-pyrrole nitrogens is 1. The highest BCUT2D eigenvalue weighted by molar-refractivity contribution is 7.75. The molecule has 0 fully saturated rings. The number of aromatic amines is 1. The van der Waals surface area contributed by atoms with Gasteiger partial charge in [-0.05, 0) is 36.6 Å². The summed E-state index contributed by atoms with van der Waals surface area (Å²) in [5.41, 5.74) is 2.06. The zero-order chi connectivity index (χ0) is 10.4. The molecular formula is C9H5N3S3. The van der Waals surface area contributed by atoms with Crippen LogP contribution in [0.2, 0.25) is 0 Å². The Morgan fingerprint density at radius 3 is 2.93 bits per heavy atom. The molecule has 0 aliphatic rings. The maximum Gasteiger partial charge on any atom is 0.216 e. The van der Waals surface area contributed by atoms with Gasteiger partial charge in [-0.15, -0.1) is 0 Å². The summed E-state index contributed by atoms with van der Waals surface area (Å²) >= 11 is 11.7. The van der Waals surface area contributed by atoms with E-state index in [9.17, 15) is 0 Å². The monoisotopic (exact) mass is 251 g/mol. The van der Waals surface area contributed by atoms with E-state index < -0.39 is 0 Å². The summed E-state index contributed by atoms with van der Waals surface area (Å²) in [5, 5.41) is 0. The van der Waals surface area contributed by atoms with Gasteiger partial charge < -0.3 is 4.98 Å². The van der Waals surface area contributed by atoms with E-state index in [1.165, 1.54) is 11.3 Å². The van der Waals surface area contributed by atoms with Crippen molar-refractivity contribution in [3.63, 3.8) is 0 Å². The van der Waals surface area contributed by atoms with E-state index in [-0.39, 0.29) is 0 Å². The Balaban J connectivity index is 2.73. The minimum absolute atomic E-state index is 0.562. The number of fused-ring (bicyclic) bond motifs is 3. The van der Waals surface area contributed by atoms with Crippen LogP contribution in [0.5, 0.6) is 0 Å². The molecule has 6 heteroatoms. The largest absolute Gasteiger partial charge is 0.323 e. The average molecular weight is 251 g/mol. The van der Waals surface area contributed by atoms with E-state index in [2.05, 4.69) is 9.97 Å².